The maximum atomic E-state index is 11.2. The first-order valence-electron chi connectivity index (χ1n) is 10.2. The molecule has 126 valence electrons. The Morgan fingerprint density at radius 3 is 2.55 bits per heavy atom. The molecule has 0 aromatic carbocycles. The highest BCUT2D eigenvalue weighted by molar-refractivity contribution is 5.11. The Morgan fingerprint density at radius 2 is 1.77 bits per heavy atom. The Bertz CT molecular complexity index is 432. The molecule has 8 unspecified atom stereocenters. The van der Waals surface area contributed by atoms with E-state index in [1.807, 2.05) is 0 Å². The lowest BCUT2D eigenvalue weighted by Gasteiger charge is -2.61. The van der Waals surface area contributed by atoms with Gasteiger partial charge in [-0.2, -0.15) is 0 Å². The van der Waals surface area contributed by atoms with Crippen molar-refractivity contribution in [2.24, 2.45) is 40.4 Å². The van der Waals surface area contributed by atoms with E-state index in [1.54, 1.807) is 0 Å². The first-order valence-corrected chi connectivity index (χ1v) is 10.2. The van der Waals surface area contributed by atoms with E-state index < -0.39 is 0 Å². The molecular formula is C21H36O. The van der Waals surface area contributed by atoms with E-state index in [1.165, 1.54) is 57.8 Å². The van der Waals surface area contributed by atoms with Gasteiger partial charge in [-0.25, -0.2) is 0 Å². The van der Waals surface area contributed by atoms with Crippen LogP contribution in [0.2, 0.25) is 0 Å². The van der Waals surface area contributed by atoms with Gasteiger partial charge in [0.15, 0.2) is 0 Å². The Labute approximate surface area is 137 Å². The van der Waals surface area contributed by atoms with Gasteiger partial charge >= 0.3 is 0 Å². The largest absolute Gasteiger partial charge is 0.393 e. The third kappa shape index (κ3) is 1.87. The molecule has 0 aliphatic heterocycles. The molecule has 1 N–H and O–H groups in total. The van der Waals surface area contributed by atoms with Gasteiger partial charge in [0, 0.05) is 0 Å². The van der Waals surface area contributed by atoms with Crippen LogP contribution in [-0.2, 0) is 0 Å². The second kappa shape index (κ2) is 5.23. The van der Waals surface area contributed by atoms with E-state index in [0.29, 0.717) is 5.41 Å². The van der Waals surface area contributed by atoms with E-state index in [2.05, 4.69) is 20.8 Å². The van der Waals surface area contributed by atoms with Crippen molar-refractivity contribution in [2.45, 2.75) is 91.1 Å². The third-order valence-electron chi connectivity index (χ3n) is 9.37. The molecule has 0 saturated heterocycles. The molecule has 4 aliphatic carbocycles. The average molecular weight is 305 g/mol. The summed E-state index contributed by atoms with van der Waals surface area (Å²) in [6, 6.07) is 0. The molecule has 0 aromatic rings. The van der Waals surface area contributed by atoms with Gasteiger partial charge in [0.05, 0.1) is 6.10 Å². The summed E-state index contributed by atoms with van der Waals surface area (Å²) in [7, 11) is 0. The van der Waals surface area contributed by atoms with Crippen LogP contribution in [0.15, 0.2) is 0 Å². The number of fused-ring (bicyclic) bond motifs is 5. The predicted molar refractivity (Wildman–Crippen MR) is 91.5 cm³/mol. The van der Waals surface area contributed by atoms with Crippen molar-refractivity contribution in [1.29, 1.82) is 0 Å². The highest BCUT2D eigenvalue weighted by Crippen LogP contribution is 2.67. The summed E-state index contributed by atoms with van der Waals surface area (Å²) in [5.41, 5.74) is 0.779. The first kappa shape index (κ1) is 15.5. The number of aliphatic hydroxyl groups is 1. The molecule has 1 heteroatoms. The van der Waals surface area contributed by atoms with Crippen LogP contribution in [0.3, 0.4) is 0 Å². The molecule has 0 aromatic heterocycles. The SMILES string of the molecule is CCC1CCC2C3CCC4CCCCC4(C)C3CC(O)C12C. The molecule has 0 spiro atoms. The second-order valence-electron chi connectivity index (χ2n) is 9.70. The number of hydrogen-bond donors (Lipinski definition) is 1. The summed E-state index contributed by atoms with van der Waals surface area (Å²) in [4.78, 5) is 0. The molecule has 4 saturated carbocycles. The molecule has 4 rings (SSSR count). The summed E-state index contributed by atoms with van der Waals surface area (Å²) in [5.74, 6) is 4.28. The highest BCUT2D eigenvalue weighted by atomic mass is 16.3. The molecule has 4 aliphatic rings. The summed E-state index contributed by atoms with van der Waals surface area (Å²) >= 11 is 0. The van der Waals surface area contributed by atoms with E-state index in [9.17, 15) is 5.11 Å². The summed E-state index contributed by atoms with van der Waals surface area (Å²) in [6.07, 6.45) is 13.9. The van der Waals surface area contributed by atoms with Crippen LogP contribution in [-0.4, -0.2) is 11.2 Å². The Morgan fingerprint density at radius 1 is 0.955 bits per heavy atom. The van der Waals surface area contributed by atoms with Gasteiger partial charge in [-0.15, -0.1) is 0 Å². The lowest BCUT2D eigenvalue weighted by molar-refractivity contribution is -0.163. The van der Waals surface area contributed by atoms with Gasteiger partial charge in [0.2, 0.25) is 0 Å². The van der Waals surface area contributed by atoms with Crippen LogP contribution in [0.4, 0.5) is 0 Å². The van der Waals surface area contributed by atoms with Crippen LogP contribution in [0.25, 0.3) is 0 Å². The van der Waals surface area contributed by atoms with E-state index in [4.69, 9.17) is 0 Å². The molecule has 0 radical (unpaired) electrons. The van der Waals surface area contributed by atoms with Gasteiger partial charge in [0.25, 0.3) is 0 Å². The van der Waals surface area contributed by atoms with E-state index in [-0.39, 0.29) is 11.5 Å². The van der Waals surface area contributed by atoms with Crippen molar-refractivity contribution in [3.63, 3.8) is 0 Å². The van der Waals surface area contributed by atoms with Gasteiger partial charge in [-0.1, -0.05) is 40.0 Å². The van der Waals surface area contributed by atoms with Crippen LogP contribution in [0, 0.1) is 40.4 Å². The minimum atomic E-state index is -0.0382. The quantitative estimate of drug-likeness (QED) is 0.686. The maximum absolute atomic E-state index is 11.2. The minimum Gasteiger partial charge on any atom is -0.393 e. The normalized spacial score (nSPS) is 57.8. The predicted octanol–water partition coefficient (Wildman–Crippen LogP) is 5.42. The van der Waals surface area contributed by atoms with Gasteiger partial charge in [-0.05, 0) is 85.4 Å². The van der Waals surface area contributed by atoms with Gasteiger partial charge in [0.1, 0.15) is 0 Å². The zero-order chi connectivity index (χ0) is 15.5. The van der Waals surface area contributed by atoms with Crippen molar-refractivity contribution in [3.05, 3.63) is 0 Å². The summed E-state index contributed by atoms with van der Waals surface area (Å²) in [5, 5.41) is 11.2. The maximum Gasteiger partial charge on any atom is 0.0602 e. The molecule has 4 fully saturated rings. The molecule has 0 heterocycles. The molecular weight excluding hydrogens is 268 g/mol. The fraction of sp³-hybridized carbons (Fsp3) is 1.00. The fourth-order valence-corrected chi connectivity index (χ4v) is 8.04. The monoisotopic (exact) mass is 304 g/mol. The lowest BCUT2D eigenvalue weighted by atomic mass is 9.44. The van der Waals surface area contributed by atoms with E-state index >= 15 is 0 Å². The first-order chi connectivity index (χ1) is 10.5. The van der Waals surface area contributed by atoms with Crippen molar-refractivity contribution in [3.8, 4) is 0 Å². The average Bonchev–Trinajstić information content (AvgIpc) is 2.86. The fourth-order valence-electron chi connectivity index (χ4n) is 8.04. The third-order valence-corrected chi connectivity index (χ3v) is 9.37. The molecule has 1 nitrogen and oxygen atoms in total. The van der Waals surface area contributed by atoms with Crippen molar-refractivity contribution >= 4 is 0 Å². The van der Waals surface area contributed by atoms with Crippen LogP contribution in [0.5, 0.6) is 0 Å². The molecule has 22 heavy (non-hydrogen) atoms. The number of hydrogen-bond acceptors (Lipinski definition) is 1. The van der Waals surface area contributed by atoms with E-state index in [0.717, 1.165) is 36.0 Å². The van der Waals surface area contributed by atoms with Gasteiger partial charge < -0.3 is 5.11 Å². The zero-order valence-electron chi connectivity index (χ0n) is 15.0. The van der Waals surface area contributed by atoms with Crippen LogP contribution >= 0.6 is 0 Å². The van der Waals surface area contributed by atoms with Crippen LogP contribution in [0.1, 0.15) is 85.0 Å². The smallest absolute Gasteiger partial charge is 0.0602 e. The molecule has 0 amide bonds. The summed E-state index contributed by atoms with van der Waals surface area (Å²) in [6.45, 7) is 7.40. The van der Waals surface area contributed by atoms with Crippen LogP contribution < -0.4 is 0 Å². The summed E-state index contributed by atoms with van der Waals surface area (Å²) < 4.78 is 0. The minimum absolute atomic E-state index is 0.0382. The second-order valence-corrected chi connectivity index (χ2v) is 9.70. The standard InChI is InChI=1S/C21H36O/c1-4-14-9-11-17-16-10-8-15-7-5-6-12-20(15,2)18(16)13-19(22)21(14,17)3/h14-19,22H,4-13H2,1-3H3. The Balaban J connectivity index is 1.67. The highest BCUT2D eigenvalue weighted by Gasteiger charge is 2.62. The topological polar surface area (TPSA) is 20.2 Å². The van der Waals surface area contributed by atoms with Crippen molar-refractivity contribution in [1.82, 2.24) is 0 Å². The number of aliphatic hydroxyl groups excluding tert-OH is 1. The van der Waals surface area contributed by atoms with Crippen molar-refractivity contribution < 1.29 is 5.11 Å². The molecule has 8 atom stereocenters. The Hall–Kier alpha value is -0.0400. The number of rotatable bonds is 1. The van der Waals surface area contributed by atoms with Crippen molar-refractivity contribution in [2.75, 3.05) is 0 Å². The lowest BCUT2D eigenvalue weighted by Crippen LogP contribution is -2.57. The molecule has 0 bridgehead atoms. The Kier molecular flexibility index (Phi) is 3.68. The zero-order valence-corrected chi connectivity index (χ0v) is 15.0. The van der Waals surface area contributed by atoms with Gasteiger partial charge in [-0.3, -0.25) is 0 Å².